The number of nitrogens with two attached hydrogens (primary N) is 1. The monoisotopic (exact) mass is 294 g/mol. The van der Waals surface area contributed by atoms with E-state index < -0.39 is 0 Å². The Morgan fingerprint density at radius 1 is 1.23 bits per heavy atom. The summed E-state index contributed by atoms with van der Waals surface area (Å²) in [5.41, 5.74) is 2.11. The van der Waals surface area contributed by atoms with Gasteiger partial charge in [0, 0.05) is 12.4 Å². The van der Waals surface area contributed by atoms with Crippen LogP contribution in [-0.4, -0.2) is 31.4 Å². The fourth-order valence-electron chi connectivity index (χ4n) is 1.87. The first-order valence-electron chi connectivity index (χ1n) is 6.63. The van der Waals surface area contributed by atoms with Crippen molar-refractivity contribution in [1.29, 1.82) is 0 Å². The van der Waals surface area contributed by atoms with E-state index in [1.807, 2.05) is 42.5 Å². The molecule has 8 nitrogen and oxygen atoms in total. The molecule has 0 saturated heterocycles. The smallest absolute Gasteiger partial charge is 0.223 e. The van der Waals surface area contributed by atoms with Crippen molar-refractivity contribution in [3.63, 3.8) is 0 Å². The Balaban J connectivity index is 1.92. The molecule has 0 aliphatic rings. The van der Waals surface area contributed by atoms with Crippen LogP contribution in [0.5, 0.6) is 0 Å². The number of tetrazole rings is 1. The molecule has 0 aliphatic carbocycles. The summed E-state index contributed by atoms with van der Waals surface area (Å²) in [7, 11) is 0. The van der Waals surface area contributed by atoms with Gasteiger partial charge < -0.3 is 0 Å². The normalized spacial score (nSPS) is 11.0. The molecule has 0 unspecified atom stereocenters. The maximum Gasteiger partial charge on any atom is 0.223 e. The van der Waals surface area contributed by atoms with Crippen molar-refractivity contribution in [3.05, 3.63) is 48.7 Å². The summed E-state index contributed by atoms with van der Waals surface area (Å²) >= 11 is 0. The minimum absolute atomic E-state index is 0.460. The molecule has 2 aromatic heterocycles. The maximum absolute atomic E-state index is 5.81. The van der Waals surface area contributed by atoms with E-state index in [1.54, 1.807) is 19.3 Å². The molecular weight excluding hydrogens is 280 g/mol. The van der Waals surface area contributed by atoms with E-state index in [0.29, 0.717) is 17.2 Å². The third kappa shape index (κ3) is 2.81. The van der Waals surface area contributed by atoms with Gasteiger partial charge in [-0.05, 0) is 42.5 Å². The van der Waals surface area contributed by atoms with Crippen LogP contribution in [0.3, 0.4) is 0 Å². The number of nitrogens with zero attached hydrogens (tertiary/aromatic N) is 7. The molecule has 3 aromatic rings. The van der Waals surface area contributed by atoms with Crippen molar-refractivity contribution in [1.82, 2.24) is 25.2 Å². The van der Waals surface area contributed by atoms with Gasteiger partial charge >= 0.3 is 0 Å². The molecule has 0 bridgehead atoms. The van der Waals surface area contributed by atoms with Crippen molar-refractivity contribution < 1.29 is 0 Å². The lowest BCUT2D eigenvalue weighted by Crippen LogP contribution is -2.24. The zero-order valence-corrected chi connectivity index (χ0v) is 11.9. The van der Waals surface area contributed by atoms with Gasteiger partial charge in [-0.1, -0.05) is 12.1 Å². The molecule has 8 heteroatoms. The average molecular weight is 294 g/mol. The molecule has 1 aromatic carbocycles. The number of rotatable bonds is 4. The summed E-state index contributed by atoms with van der Waals surface area (Å²) in [4.78, 5) is 5.63. The van der Waals surface area contributed by atoms with E-state index in [9.17, 15) is 0 Å². The number of hydrogen-bond donors (Lipinski definition) is 1. The van der Waals surface area contributed by atoms with Crippen LogP contribution < -0.4 is 11.0 Å². The minimum Gasteiger partial charge on any atom is -0.253 e. The van der Waals surface area contributed by atoms with Crippen molar-refractivity contribution in [2.75, 3.05) is 5.12 Å². The zero-order valence-electron chi connectivity index (χ0n) is 11.9. The van der Waals surface area contributed by atoms with Crippen LogP contribution in [0.4, 0.5) is 5.69 Å². The molecule has 0 radical (unpaired) electrons. The second-order valence-electron chi connectivity index (χ2n) is 4.36. The molecule has 3 rings (SSSR count). The number of benzene rings is 1. The molecule has 0 saturated carbocycles. The summed E-state index contributed by atoms with van der Waals surface area (Å²) < 4.78 is 0. The number of pyridine rings is 1. The Labute approximate surface area is 126 Å². The van der Waals surface area contributed by atoms with Gasteiger partial charge in [-0.25, -0.2) is 5.84 Å². The van der Waals surface area contributed by atoms with Crippen LogP contribution in [0.25, 0.3) is 17.2 Å². The van der Waals surface area contributed by atoms with Gasteiger partial charge in [0.05, 0.1) is 11.4 Å². The van der Waals surface area contributed by atoms with Gasteiger partial charge in [-0.3, -0.25) is 4.98 Å². The van der Waals surface area contributed by atoms with E-state index in [2.05, 4.69) is 25.5 Å². The summed E-state index contributed by atoms with van der Waals surface area (Å²) in [6, 6.07) is 12.9. The number of hydrazine groups is 1. The molecule has 0 amide bonds. The Morgan fingerprint density at radius 2 is 2.14 bits per heavy atom. The highest BCUT2D eigenvalue weighted by Crippen LogP contribution is 2.17. The molecular formula is C14H14N8. The quantitative estimate of drug-likeness (QED) is 0.444. The summed E-state index contributed by atoms with van der Waals surface area (Å²) in [5.74, 6) is 6.27. The van der Waals surface area contributed by atoms with E-state index in [-0.39, 0.29) is 0 Å². The fraction of sp³-hybridized carbons (Fsp3) is 0.0714. The Hall–Kier alpha value is -3.13. The molecule has 0 fully saturated rings. The Bertz CT molecular complexity index is 780. The number of hydrazone groups is 1. The second kappa shape index (κ2) is 6.10. The van der Waals surface area contributed by atoms with Crippen molar-refractivity contribution >= 4 is 11.9 Å². The van der Waals surface area contributed by atoms with Crippen LogP contribution in [0.1, 0.15) is 6.92 Å². The fourth-order valence-corrected chi connectivity index (χ4v) is 1.87. The van der Waals surface area contributed by atoms with E-state index in [1.165, 1.54) is 9.91 Å². The highest BCUT2D eigenvalue weighted by Gasteiger charge is 2.09. The largest absolute Gasteiger partial charge is 0.253 e. The van der Waals surface area contributed by atoms with Crippen LogP contribution >= 0.6 is 0 Å². The number of anilines is 1. The SMILES string of the molecule is C/C=N\N(N)c1cccc(-n2nnc(-c3ccccn3)n2)c1. The van der Waals surface area contributed by atoms with E-state index in [0.717, 1.165) is 5.69 Å². The second-order valence-corrected chi connectivity index (χ2v) is 4.36. The Morgan fingerprint density at radius 3 is 2.91 bits per heavy atom. The molecule has 22 heavy (non-hydrogen) atoms. The van der Waals surface area contributed by atoms with Crippen LogP contribution in [0, 0.1) is 0 Å². The first-order valence-corrected chi connectivity index (χ1v) is 6.63. The van der Waals surface area contributed by atoms with Crippen LogP contribution in [-0.2, 0) is 0 Å². The number of aromatic nitrogens is 5. The van der Waals surface area contributed by atoms with Gasteiger partial charge in [0.1, 0.15) is 5.69 Å². The first kappa shape index (κ1) is 13.8. The third-order valence-corrected chi connectivity index (χ3v) is 2.87. The van der Waals surface area contributed by atoms with Gasteiger partial charge in [0.15, 0.2) is 0 Å². The van der Waals surface area contributed by atoms with Gasteiger partial charge in [0.2, 0.25) is 5.82 Å². The maximum atomic E-state index is 5.81. The van der Waals surface area contributed by atoms with Crippen molar-refractivity contribution in [2.45, 2.75) is 6.92 Å². The van der Waals surface area contributed by atoms with Crippen molar-refractivity contribution in [2.24, 2.45) is 10.9 Å². The first-order chi connectivity index (χ1) is 10.8. The lowest BCUT2D eigenvalue weighted by atomic mass is 10.3. The Kier molecular flexibility index (Phi) is 3.84. The molecule has 110 valence electrons. The van der Waals surface area contributed by atoms with Gasteiger partial charge in [-0.15, -0.1) is 15.0 Å². The van der Waals surface area contributed by atoms with E-state index >= 15 is 0 Å². The lowest BCUT2D eigenvalue weighted by Gasteiger charge is -2.12. The van der Waals surface area contributed by atoms with E-state index in [4.69, 9.17) is 5.84 Å². The summed E-state index contributed by atoms with van der Waals surface area (Å²) in [5, 5.41) is 17.7. The molecule has 0 atom stereocenters. The third-order valence-electron chi connectivity index (χ3n) is 2.87. The number of hydrogen-bond acceptors (Lipinski definition) is 7. The minimum atomic E-state index is 0.460. The topological polar surface area (TPSA) is 98.1 Å². The zero-order chi connectivity index (χ0) is 15.4. The summed E-state index contributed by atoms with van der Waals surface area (Å²) in [6.07, 6.45) is 3.30. The van der Waals surface area contributed by atoms with Crippen molar-refractivity contribution in [3.8, 4) is 17.2 Å². The molecule has 2 N–H and O–H groups in total. The predicted molar refractivity (Wildman–Crippen MR) is 83.2 cm³/mol. The molecule has 0 aliphatic heterocycles. The average Bonchev–Trinajstić information content (AvgIpc) is 3.06. The molecule has 2 heterocycles. The lowest BCUT2D eigenvalue weighted by molar-refractivity contribution is 0.719. The standard InChI is InChI=1S/C14H14N8/c1-2-17-21(15)11-6-5-7-12(10-11)22-19-14(18-20-22)13-8-3-4-9-16-13/h2-10H,15H2,1H3/b17-2-. The highest BCUT2D eigenvalue weighted by atomic mass is 15.6. The predicted octanol–water partition coefficient (Wildman–Crippen LogP) is 1.41. The highest BCUT2D eigenvalue weighted by molar-refractivity contribution is 5.58. The molecule has 0 spiro atoms. The van der Waals surface area contributed by atoms with Crippen LogP contribution in [0.15, 0.2) is 53.8 Å². The van der Waals surface area contributed by atoms with Gasteiger partial charge in [-0.2, -0.15) is 10.2 Å². The van der Waals surface area contributed by atoms with Crippen LogP contribution in [0.2, 0.25) is 0 Å². The van der Waals surface area contributed by atoms with Gasteiger partial charge in [0.25, 0.3) is 0 Å². The summed E-state index contributed by atoms with van der Waals surface area (Å²) in [6.45, 7) is 1.79.